The Hall–Kier alpha value is -3.14. The summed E-state index contributed by atoms with van der Waals surface area (Å²) in [5.41, 5.74) is 0.557. The van der Waals surface area contributed by atoms with Crippen LogP contribution in [0.2, 0.25) is 0 Å². The van der Waals surface area contributed by atoms with Gasteiger partial charge < -0.3 is 9.47 Å². The van der Waals surface area contributed by atoms with Crippen LogP contribution in [0.3, 0.4) is 0 Å². The largest absolute Gasteiger partial charge is 0.468 e. The van der Waals surface area contributed by atoms with E-state index in [2.05, 4.69) is 0 Å². The number of methoxy groups -OCH3 is 2. The van der Waals surface area contributed by atoms with Gasteiger partial charge in [-0.3, -0.25) is 9.59 Å². The van der Waals surface area contributed by atoms with Gasteiger partial charge in [0.1, 0.15) is 0 Å². The molecular weight excluding hydrogens is 340 g/mol. The molecule has 0 spiro atoms. The van der Waals surface area contributed by atoms with Crippen LogP contribution in [-0.4, -0.2) is 26.2 Å². The number of hydrogen-bond acceptors (Lipinski definition) is 4. The summed E-state index contributed by atoms with van der Waals surface area (Å²) in [5, 5.41) is 0. The van der Waals surface area contributed by atoms with Gasteiger partial charge in [-0.1, -0.05) is 85.0 Å². The van der Waals surface area contributed by atoms with Crippen molar-refractivity contribution in [3.05, 3.63) is 83.9 Å². The van der Waals surface area contributed by atoms with Crippen molar-refractivity contribution in [2.75, 3.05) is 14.2 Å². The summed E-state index contributed by atoms with van der Waals surface area (Å²) in [6, 6.07) is 19.4. The molecule has 4 heteroatoms. The first-order chi connectivity index (χ1) is 13.1. The fourth-order valence-corrected chi connectivity index (χ4v) is 2.81. The smallest absolute Gasteiger partial charge is 0.323 e. The average Bonchev–Trinajstić information content (AvgIpc) is 2.73. The Bertz CT molecular complexity index is 722. The highest BCUT2D eigenvalue weighted by atomic mass is 16.5. The molecule has 4 nitrogen and oxygen atoms in total. The van der Waals surface area contributed by atoms with Crippen molar-refractivity contribution >= 4 is 24.1 Å². The van der Waals surface area contributed by atoms with Crippen LogP contribution in [0.1, 0.15) is 24.0 Å². The van der Waals surface area contributed by atoms with Gasteiger partial charge in [0.15, 0.2) is 5.41 Å². The minimum absolute atomic E-state index is 0.181. The first-order valence-electron chi connectivity index (χ1n) is 8.72. The third-order valence-corrected chi connectivity index (χ3v) is 4.30. The fourth-order valence-electron chi connectivity index (χ4n) is 2.81. The Labute approximate surface area is 160 Å². The van der Waals surface area contributed by atoms with E-state index in [1.807, 2.05) is 72.8 Å². The second-order valence-corrected chi connectivity index (χ2v) is 6.10. The SMILES string of the molecule is COC(=O)C(C/C=C/c1ccccc1)(C/C=C/c1ccccc1)C(=O)OC. The lowest BCUT2D eigenvalue weighted by Crippen LogP contribution is -2.40. The normalized spacial score (nSPS) is 11.6. The standard InChI is InChI=1S/C23H24O4/c1-26-21(24)23(22(25)27-2,17-9-15-19-11-5-3-6-12-19)18-10-16-20-13-7-4-8-14-20/h3-16H,17-18H2,1-2H3/b15-9+,16-10+. The van der Waals surface area contributed by atoms with Crippen LogP contribution >= 0.6 is 0 Å². The Morgan fingerprint density at radius 1 is 0.741 bits per heavy atom. The predicted octanol–water partition coefficient (Wildman–Crippen LogP) is 4.53. The van der Waals surface area contributed by atoms with E-state index in [1.165, 1.54) is 14.2 Å². The van der Waals surface area contributed by atoms with E-state index in [0.29, 0.717) is 0 Å². The lowest BCUT2D eigenvalue weighted by Gasteiger charge is -2.25. The molecule has 0 N–H and O–H groups in total. The van der Waals surface area contributed by atoms with Crippen molar-refractivity contribution in [2.45, 2.75) is 12.8 Å². The van der Waals surface area contributed by atoms with Crippen molar-refractivity contribution < 1.29 is 19.1 Å². The van der Waals surface area contributed by atoms with E-state index in [4.69, 9.17) is 9.47 Å². The lowest BCUT2D eigenvalue weighted by atomic mass is 9.80. The monoisotopic (exact) mass is 364 g/mol. The zero-order valence-electron chi connectivity index (χ0n) is 15.6. The van der Waals surface area contributed by atoms with Crippen LogP contribution in [0.5, 0.6) is 0 Å². The van der Waals surface area contributed by atoms with Gasteiger partial charge in [0.2, 0.25) is 0 Å². The Morgan fingerprint density at radius 3 is 1.44 bits per heavy atom. The molecule has 0 aromatic heterocycles. The summed E-state index contributed by atoms with van der Waals surface area (Å²) in [4.78, 5) is 25.1. The molecule has 0 bridgehead atoms. The topological polar surface area (TPSA) is 52.6 Å². The molecule has 140 valence electrons. The second kappa shape index (κ2) is 10.1. The third-order valence-electron chi connectivity index (χ3n) is 4.30. The Balaban J connectivity index is 2.25. The molecule has 2 rings (SSSR count). The molecule has 0 saturated carbocycles. The van der Waals surface area contributed by atoms with Crippen molar-refractivity contribution in [3.63, 3.8) is 0 Å². The van der Waals surface area contributed by atoms with Gasteiger partial charge in [0, 0.05) is 0 Å². The first-order valence-corrected chi connectivity index (χ1v) is 8.72. The highest BCUT2D eigenvalue weighted by Crippen LogP contribution is 2.32. The average molecular weight is 364 g/mol. The van der Waals surface area contributed by atoms with Gasteiger partial charge in [-0.15, -0.1) is 0 Å². The molecule has 0 aliphatic carbocycles. The maximum Gasteiger partial charge on any atom is 0.323 e. The second-order valence-electron chi connectivity index (χ2n) is 6.10. The van der Waals surface area contributed by atoms with E-state index < -0.39 is 17.4 Å². The molecule has 0 saturated heterocycles. The molecule has 2 aromatic carbocycles. The van der Waals surface area contributed by atoms with Crippen LogP contribution in [0.25, 0.3) is 12.2 Å². The zero-order valence-corrected chi connectivity index (χ0v) is 15.6. The molecule has 0 aliphatic heterocycles. The molecule has 0 radical (unpaired) electrons. The van der Waals surface area contributed by atoms with E-state index in [9.17, 15) is 9.59 Å². The van der Waals surface area contributed by atoms with Gasteiger partial charge in [0.05, 0.1) is 14.2 Å². The number of esters is 2. The highest BCUT2D eigenvalue weighted by Gasteiger charge is 2.46. The van der Waals surface area contributed by atoms with Crippen LogP contribution in [0.15, 0.2) is 72.8 Å². The molecule has 0 fully saturated rings. The van der Waals surface area contributed by atoms with E-state index in [-0.39, 0.29) is 12.8 Å². The maximum absolute atomic E-state index is 12.5. The number of benzene rings is 2. The number of rotatable bonds is 8. The number of ether oxygens (including phenoxy) is 2. The predicted molar refractivity (Wildman–Crippen MR) is 107 cm³/mol. The van der Waals surface area contributed by atoms with Gasteiger partial charge in [-0.05, 0) is 24.0 Å². The molecule has 27 heavy (non-hydrogen) atoms. The van der Waals surface area contributed by atoms with Gasteiger partial charge >= 0.3 is 11.9 Å². The van der Waals surface area contributed by atoms with Crippen LogP contribution in [-0.2, 0) is 19.1 Å². The molecule has 0 atom stereocenters. The Kier molecular flexibility index (Phi) is 7.56. The molecule has 2 aromatic rings. The zero-order chi connectivity index (χ0) is 19.5. The van der Waals surface area contributed by atoms with Crippen molar-refractivity contribution in [1.29, 1.82) is 0 Å². The van der Waals surface area contributed by atoms with Gasteiger partial charge in [-0.25, -0.2) is 0 Å². The summed E-state index contributed by atoms with van der Waals surface area (Å²) >= 11 is 0. The van der Waals surface area contributed by atoms with Gasteiger partial charge in [-0.2, -0.15) is 0 Å². The molecule has 0 heterocycles. The fraction of sp³-hybridized carbons (Fsp3) is 0.217. The molecule has 0 aliphatic rings. The van der Waals surface area contributed by atoms with Crippen molar-refractivity contribution in [3.8, 4) is 0 Å². The summed E-state index contributed by atoms with van der Waals surface area (Å²) < 4.78 is 9.87. The number of hydrogen-bond donors (Lipinski definition) is 0. The van der Waals surface area contributed by atoms with Crippen molar-refractivity contribution in [1.82, 2.24) is 0 Å². The third kappa shape index (κ3) is 5.42. The maximum atomic E-state index is 12.5. The minimum atomic E-state index is -1.42. The van der Waals surface area contributed by atoms with Crippen molar-refractivity contribution in [2.24, 2.45) is 5.41 Å². The number of allylic oxidation sites excluding steroid dienone is 2. The molecule has 0 amide bonds. The molecular formula is C23H24O4. The van der Waals surface area contributed by atoms with E-state index >= 15 is 0 Å². The number of carbonyl (C=O) groups excluding carboxylic acids is 2. The van der Waals surface area contributed by atoms with E-state index in [0.717, 1.165) is 11.1 Å². The van der Waals surface area contributed by atoms with Crippen LogP contribution in [0.4, 0.5) is 0 Å². The van der Waals surface area contributed by atoms with E-state index in [1.54, 1.807) is 12.2 Å². The van der Waals surface area contributed by atoms with Crippen LogP contribution < -0.4 is 0 Å². The molecule has 0 unspecified atom stereocenters. The summed E-state index contributed by atoms with van der Waals surface area (Å²) in [7, 11) is 2.56. The quantitative estimate of drug-likeness (QED) is 0.510. The Morgan fingerprint density at radius 2 is 1.11 bits per heavy atom. The summed E-state index contributed by atoms with van der Waals surface area (Å²) in [5.74, 6) is -1.21. The summed E-state index contributed by atoms with van der Waals surface area (Å²) in [6.07, 6.45) is 7.73. The lowest BCUT2D eigenvalue weighted by molar-refractivity contribution is -0.168. The first kappa shape index (κ1) is 20.2. The van der Waals surface area contributed by atoms with Gasteiger partial charge in [0.25, 0.3) is 0 Å². The highest BCUT2D eigenvalue weighted by molar-refractivity contribution is 6.00. The summed E-state index contributed by atoms with van der Waals surface area (Å²) in [6.45, 7) is 0. The number of carbonyl (C=O) groups is 2. The minimum Gasteiger partial charge on any atom is -0.468 e. The van der Waals surface area contributed by atoms with Crippen LogP contribution in [0, 0.1) is 5.41 Å².